The number of halogens is 1. The summed E-state index contributed by atoms with van der Waals surface area (Å²) < 4.78 is 18.2. The number of hydrogen-bond donors (Lipinski definition) is 2. The molecule has 1 unspecified atom stereocenters. The molecule has 6 heteroatoms. The summed E-state index contributed by atoms with van der Waals surface area (Å²) in [6.45, 7) is 1.84. The maximum absolute atomic E-state index is 13.7. The average Bonchev–Trinajstić information content (AvgIpc) is 2.37. The van der Waals surface area contributed by atoms with Crippen LogP contribution in [0.5, 0.6) is 0 Å². The molecule has 1 aromatic carbocycles. The first kappa shape index (κ1) is 12.5. The van der Waals surface area contributed by atoms with Gasteiger partial charge in [-0.15, -0.1) is 0 Å². The Labute approximate surface area is 103 Å². The molecular formula is C12H13FN2O3. The molecule has 1 atom stereocenters. The average molecular weight is 252 g/mol. The molecule has 0 saturated heterocycles. The summed E-state index contributed by atoms with van der Waals surface area (Å²) in [6, 6.07) is 2.44. The van der Waals surface area contributed by atoms with Crippen molar-refractivity contribution >= 4 is 23.1 Å². The van der Waals surface area contributed by atoms with Gasteiger partial charge < -0.3 is 15.2 Å². The molecule has 0 bridgehead atoms. The number of carbonyl (C=O) groups excluding carboxylic acids is 1. The zero-order valence-corrected chi connectivity index (χ0v) is 10.0. The zero-order chi connectivity index (χ0) is 13.3. The Morgan fingerprint density at radius 2 is 2.33 bits per heavy atom. The highest BCUT2D eigenvalue weighted by Crippen LogP contribution is 2.32. The minimum Gasteiger partial charge on any atom is -0.465 e. The van der Waals surface area contributed by atoms with E-state index >= 15 is 0 Å². The first-order valence-electron chi connectivity index (χ1n) is 5.50. The lowest BCUT2D eigenvalue weighted by atomic mass is 10.1. The Morgan fingerprint density at radius 3 is 2.94 bits per heavy atom. The monoisotopic (exact) mass is 252 g/mol. The van der Waals surface area contributed by atoms with Crippen LogP contribution < -0.4 is 5.32 Å². The van der Waals surface area contributed by atoms with Gasteiger partial charge >= 0.3 is 5.97 Å². The summed E-state index contributed by atoms with van der Waals surface area (Å²) in [7, 11) is 1.18. The van der Waals surface area contributed by atoms with Gasteiger partial charge in [0.15, 0.2) is 6.23 Å². The summed E-state index contributed by atoms with van der Waals surface area (Å²) in [6.07, 6.45) is -0.369. The van der Waals surface area contributed by atoms with Gasteiger partial charge in [-0.3, -0.25) is 4.99 Å². The van der Waals surface area contributed by atoms with E-state index in [0.29, 0.717) is 23.5 Å². The third-order valence-electron chi connectivity index (χ3n) is 2.72. The Balaban J connectivity index is 2.49. The molecule has 5 nitrogen and oxygen atoms in total. The van der Waals surface area contributed by atoms with E-state index in [1.165, 1.54) is 13.2 Å². The topological polar surface area (TPSA) is 70.9 Å². The van der Waals surface area contributed by atoms with Crippen LogP contribution in [0.2, 0.25) is 0 Å². The lowest BCUT2D eigenvalue weighted by molar-refractivity contribution is 0.0595. The molecule has 2 rings (SSSR count). The van der Waals surface area contributed by atoms with E-state index < -0.39 is 18.0 Å². The summed E-state index contributed by atoms with van der Waals surface area (Å²) in [5.74, 6) is -1.46. The number of aliphatic hydroxyl groups is 1. The van der Waals surface area contributed by atoms with Gasteiger partial charge in [0.2, 0.25) is 0 Å². The number of aliphatic imine (C=N–C) groups is 1. The van der Waals surface area contributed by atoms with Gasteiger partial charge in [-0.1, -0.05) is 6.92 Å². The number of fused-ring (bicyclic) bond motifs is 1. The quantitative estimate of drug-likeness (QED) is 0.788. The molecule has 0 spiro atoms. The number of aliphatic hydroxyl groups excluding tert-OH is 1. The van der Waals surface area contributed by atoms with Gasteiger partial charge in [0, 0.05) is 6.07 Å². The number of hydrogen-bond acceptors (Lipinski definition) is 5. The van der Waals surface area contributed by atoms with E-state index in [1.807, 2.05) is 6.92 Å². The number of esters is 1. The third kappa shape index (κ3) is 2.06. The first-order chi connectivity index (χ1) is 8.56. The van der Waals surface area contributed by atoms with Crippen LogP contribution in [0.1, 0.15) is 23.7 Å². The molecule has 1 aliphatic rings. The fourth-order valence-corrected chi connectivity index (χ4v) is 1.76. The minimum absolute atomic E-state index is 0.189. The van der Waals surface area contributed by atoms with Gasteiger partial charge in [0.05, 0.1) is 29.8 Å². The molecule has 2 N–H and O–H groups in total. The summed E-state index contributed by atoms with van der Waals surface area (Å²) in [5.41, 5.74) is 1.10. The highest BCUT2D eigenvalue weighted by Gasteiger charge is 2.22. The number of nitrogens with one attached hydrogen (secondary N) is 1. The van der Waals surface area contributed by atoms with Crippen LogP contribution in [0.4, 0.5) is 15.8 Å². The van der Waals surface area contributed by atoms with E-state index in [9.17, 15) is 14.3 Å². The maximum Gasteiger partial charge on any atom is 0.340 e. The van der Waals surface area contributed by atoms with E-state index in [0.717, 1.165) is 6.07 Å². The normalized spacial score (nSPS) is 17.6. The number of benzene rings is 1. The van der Waals surface area contributed by atoms with Crippen molar-refractivity contribution in [2.45, 2.75) is 19.6 Å². The largest absolute Gasteiger partial charge is 0.465 e. The number of anilines is 1. The highest BCUT2D eigenvalue weighted by molar-refractivity contribution is 5.99. The number of rotatable bonds is 2. The lowest BCUT2D eigenvalue weighted by Crippen LogP contribution is -2.31. The van der Waals surface area contributed by atoms with E-state index in [2.05, 4.69) is 15.0 Å². The molecule has 0 aliphatic carbocycles. The SMILES string of the molecule is CCC1=Nc2cc(F)c(C(=O)OC)cc2NC1O. The summed E-state index contributed by atoms with van der Waals surface area (Å²) in [4.78, 5) is 15.5. The van der Waals surface area contributed by atoms with Crippen molar-refractivity contribution in [3.8, 4) is 0 Å². The van der Waals surface area contributed by atoms with Crippen molar-refractivity contribution in [1.29, 1.82) is 0 Å². The van der Waals surface area contributed by atoms with Crippen LogP contribution in [0.25, 0.3) is 0 Å². The second-order valence-corrected chi connectivity index (χ2v) is 3.84. The molecule has 0 radical (unpaired) electrons. The highest BCUT2D eigenvalue weighted by atomic mass is 19.1. The number of carbonyl (C=O) groups is 1. The van der Waals surface area contributed by atoms with Crippen molar-refractivity contribution < 1.29 is 19.0 Å². The van der Waals surface area contributed by atoms with Crippen LogP contribution in [0.3, 0.4) is 0 Å². The Bertz CT molecular complexity index is 528. The van der Waals surface area contributed by atoms with Crippen LogP contribution in [-0.4, -0.2) is 30.1 Å². The Morgan fingerprint density at radius 1 is 1.61 bits per heavy atom. The molecule has 96 valence electrons. The predicted octanol–water partition coefficient (Wildman–Crippen LogP) is 1.84. The van der Waals surface area contributed by atoms with Crippen molar-refractivity contribution in [2.24, 2.45) is 4.99 Å². The number of ether oxygens (including phenoxy) is 1. The van der Waals surface area contributed by atoms with Gasteiger partial charge in [0.1, 0.15) is 5.82 Å². The van der Waals surface area contributed by atoms with E-state index in [1.54, 1.807) is 0 Å². The van der Waals surface area contributed by atoms with Crippen LogP contribution in [0, 0.1) is 5.82 Å². The fourth-order valence-electron chi connectivity index (χ4n) is 1.76. The second kappa shape index (κ2) is 4.73. The van der Waals surface area contributed by atoms with Crippen LogP contribution >= 0.6 is 0 Å². The molecule has 0 amide bonds. The summed E-state index contributed by atoms with van der Waals surface area (Å²) >= 11 is 0. The molecule has 0 saturated carbocycles. The van der Waals surface area contributed by atoms with Crippen molar-refractivity contribution in [1.82, 2.24) is 0 Å². The lowest BCUT2D eigenvalue weighted by Gasteiger charge is -2.23. The first-order valence-corrected chi connectivity index (χ1v) is 5.50. The maximum atomic E-state index is 13.7. The second-order valence-electron chi connectivity index (χ2n) is 3.84. The molecular weight excluding hydrogens is 239 g/mol. The number of nitrogens with zero attached hydrogens (tertiary/aromatic N) is 1. The molecule has 18 heavy (non-hydrogen) atoms. The predicted molar refractivity (Wildman–Crippen MR) is 64.8 cm³/mol. The molecule has 0 fully saturated rings. The van der Waals surface area contributed by atoms with Crippen molar-refractivity contribution in [2.75, 3.05) is 12.4 Å². The van der Waals surface area contributed by atoms with Gasteiger partial charge in [-0.05, 0) is 12.5 Å². The van der Waals surface area contributed by atoms with Crippen LogP contribution in [-0.2, 0) is 4.74 Å². The summed E-state index contributed by atoms with van der Waals surface area (Å²) in [5, 5.41) is 12.5. The fraction of sp³-hybridized carbons (Fsp3) is 0.333. The molecule has 1 heterocycles. The molecule has 1 aromatic rings. The van der Waals surface area contributed by atoms with Gasteiger partial charge in [0.25, 0.3) is 0 Å². The minimum atomic E-state index is -0.918. The standard InChI is InChI=1S/C12H13FN2O3/c1-3-8-11(16)15-9-4-6(12(17)18-2)7(13)5-10(9)14-8/h4-5,11,15-16H,3H2,1-2H3. The van der Waals surface area contributed by atoms with Crippen molar-refractivity contribution in [3.63, 3.8) is 0 Å². The van der Waals surface area contributed by atoms with Crippen molar-refractivity contribution in [3.05, 3.63) is 23.5 Å². The molecule has 0 aromatic heterocycles. The zero-order valence-electron chi connectivity index (χ0n) is 10.0. The third-order valence-corrected chi connectivity index (χ3v) is 2.72. The Kier molecular flexibility index (Phi) is 3.29. The molecule has 1 aliphatic heterocycles. The number of methoxy groups -OCH3 is 1. The van der Waals surface area contributed by atoms with E-state index in [-0.39, 0.29) is 5.56 Å². The smallest absolute Gasteiger partial charge is 0.340 e. The van der Waals surface area contributed by atoms with E-state index in [4.69, 9.17) is 0 Å². The van der Waals surface area contributed by atoms with Gasteiger partial charge in [-0.25, -0.2) is 9.18 Å². The van der Waals surface area contributed by atoms with Crippen LogP contribution in [0.15, 0.2) is 17.1 Å². The van der Waals surface area contributed by atoms with Gasteiger partial charge in [-0.2, -0.15) is 0 Å². The Hall–Kier alpha value is -1.95.